The fourth-order valence-corrected chi connectivity index (χ4v) is 2.56. The number of nitrogens with one attached hydrogen (secondary N) is 2. The normalized spacial score (nSPS) is 41.0. The molecule has 3 aliphatic rings. The van der Waals surface area contributed by atoms with Crippen LogP contribution in [0.15, 0.2) is 0 Å². The van der Waals surface area contributed by atoms with Gasteiger partial charge in [0.2, 0.25) is 5.91 Å². The zero-order valence-corrected chi connectivity index (χ0v) is 8.16. The minimum Gasteiger partial charge on any atom is -0.373 e. The van der Waals surface area contributed by atoms with Crippen LogP contribution in [0.4, 0.5) is 0 Å². The van der Waals surface area contributed by atoms with Gasteiger partial charge in [0.25, 0.3) is 0 Å². The highest BCUT2D eigenvalue weighted by Gasteiger charge is 2.42. The van der Waals surface area contributed by atoms with Gasteiger partial charge in [-0.1, -0.05) is 0 Å². The molecule has 3 rings (SSSR count). The summed E-state index contributed by atoms with van der Waals surface area (Å²) in [5.41, 5.74) is 0. The van der Waals surface area contributed by atoms with Crippen molar-refractivity contribution in [1.82, 2.24) is 10.6 Å². The van der Waals surface area contributed by atoms with Gasteiger partial charge < -0.3 is 15.4 Å². The highest BCUT2D eigenvalue weighted by atomic mass is 16.5. The summed E-state index contributed by atoms with van der Waals surface area (Å²) in [6, 6.07) is 0.293. The Kier molecular flexibility index (Phi) is 1.99. The second kappa shape index (κ2) is 3.21. The molecular weight excluding hydrogens is 180 g/mol. The summed E-state index contributed by atoms with van der Waals surface area (Å²) in [6.45, 7) is 1.68. The van der Waals surface area contributed by atoms with Crippen LogP contribution in [-0.4, -0.2) is 37.2 Å². The summed E-state index contributed by atoms with van der Waals surface area (Å²) in [6.07, 6.45) is 4.05. The van der Waals surface area contributed by atoms with Crippen molar-refractivity contribution in [2.45, 2.75) is 37.5 Å². The van der Waals surface area contributed by atoms with Crippen LogP contribution in [0.2, 0.25) is 0 Å². The molecule has 4 nitrogen and oxygen atoms in total. The molecule has 0 aromatic rings. The van der Waals surface area contributed by atoms with Crippen LogP contribution < -0.4 is 10.6 Å². The molecule has 0 aliphatic carbocycles. The van der Waals surface area contributed by atoms with E-state index in [0.29, 0.717) is 18.2 Å². The van der Waals surface area contributed by atoms with Crippen LogP contribution in [-0.2, 0) is 9.53 Å². The van der Waals surface area contributed by atoms with Crippen molar-refractivity contribution in [3.8, 4) is 0 Å². The van der Waals surface area contributed by atoms with Crippen molar-refractivity contribution in [3.05, 3.63) is 0 Å². The summed E-state index contributed by atoms with van der Waals surface area (Å²) >= 11 is 0. The number of rotatable bonds is 2. The quantitative estimate of drug-likeness (QED) is 0.634. The lowest BCUT2D eigenvalue weighted by Gasteiger charge is -2.29. The molecule has 4 heteroatoms. The fourth-order valence-electron chi connectivity index (χ4n) is 2.56. The predicted octanol–water partition coefficient (Wildman–Crippen LogP) is -0.358. The van der Waals surface area contributed by atoms with E-state index in [-0.39, 0.29) is 11.8 Å². The summed E-state index contributed by atoms with van der Waals surface area (Å²) < 4.78 is 5.69. The molecule has 14 heavy (non-hydrogen) atoms. The van der Waals surface area contributed by atoms with Crippen molar-refractivity contribution >= 4 is 5.91 Å². The molecule has 3 atom stereocenters. The van der Waals surface area contributed by atoms with Gasteiger partial charge in [-0.05, 0) is 19.3 Å². The molecule has 3 heterocycles. The Labute approximate surface area is 83.4 Å². The molecule has 3 fully saturated rings. The van der Waals surface area contributed by atoms with E-state index in [0.717, 1.165) is 25.9 Å². The van der Waals surface area contributed by atoms with Crippen LogP contribution in [0.5, 0.6) is 0 Å². The van der Waals surface area contributed by atoms with E-state index in [2.05, 4.69) is 10.6 Å². The van der Waals surface area contributed by atoms with Gasteiger partial charge >= 0.3 is 0 Å². The third-order valence-electron chi connectivity index (χ3n) is 3.59. The van der Waals surface area contributed by atoms with Gasteiger partial charge in [0.1, 0.15) is 0 Å². The average Bonchev–Trinajstić information content (AvgIpc) is 2.60. The maximum absolute atomic E-state index is 11.7. The van der Waals surface area contributed by atoms with E-state index in [9.17, 15) is 4.79 Å². The largest absolute Gasteiger partial charge is 0.373 e. The maximum atomic E-state index is 11.7. The number of carbonyl (C=O) groups excluding carboxylic acids is 1. The molecule has 2 bridgehead atoms. The van der Waals surface area contributed by atoms with Crippen LogP contribution >= 0.6 is 0 Å². The topological polar surface area (TPSA) is 50.4 Å². The van der Waals surface area contributed by atoms with Crippen molar-refractivity contribution in [2.75, 3.05) is 13.1 Å². The lowest BCUT2D eigenvalue weighted by atomic mass is 9.94. The summed E-state index contributed by atoms with van der Waals surface area (Å²) in [4.78, 5) is 11.7. The SMILES string of the molecule is O=C(NC1CC2CCC1O2)C1CNC1. The highest BCUT2D eigenvalue weighted by Crippen LogP contribution is 2.34. The zero-order chi connectivity index (χ0) is 9.54. The smallest absolute Gasteiger partial charge is 0.225 e. The fraction of sp³-hybridized carbons (Fsp3) is 0.900. The van der Waals surface area contributed by atoms with Gasteiger partial charge in [0, 0.05) is 13.1 Å². The van der Waals surface area contributed by atoms with E-state index in [1.165, 1.54) is 6.42 Å². The molecule has 3 saturated heterocycles. The lowest BCUT2D eigenvalue weighted by molar-refractivity contribution is -0.127. The van der Waals surface area contributed by atoms with Crippen LogP contribution in [0.25, 0.3) is 0 Å². The molecular formula is C10H16N2O2. The van der Waals surface area contributed by atoms with Crippen LogP contribution in [0.1, 0.15) is 19.3 Å². The molecule has 3 aliphatic heterocycles. The Hall–Kier alpha value is -0.610. The number of amides is 1. The number of ether oxygens (including phenoxy) is 1. The molecule has 0 aromatic heterocycles. The molecule has 2 N–H and O–H groups in total. The monoisotopic (exact) mass is 196 g/mol. The Bertz CT molecular complexity index is 253. The average molecular weight is 196 g/mol. The molecule has 0 aromatic carbocycles. The summed E-state index contributed by atoms with van der Waals surface area (Å²) in [5.74, 6) is 0.416. The standard InChI is InChI=1S/C10H16N2O2/c13-10(6-4-11-5-6)12-8-3-7-1-2-9(8)14-7/h6-9,11H,1-5H2,(H,12,13). The molecule has 78 valence electrons. The third kappa shape index (κ3) is 1.33. The van der Waals surface area contributed by atoms with Gasteiger partial charge in [-0.15, -0.1) is 0 Å². The molecule has 0 radical (unpaired) electrons. The molecule has 1 amide bonds. The van der Waals surface area contributed by atoms with E-state index in [4.69, 9.17) is 4.74 Å². The maximum Gasteiger partial charge on any atom is 0.225 e. The van der Waals surface area contributed by atoms with E-state index in [1.807, 2.05) is 0 Å². The number of hydrogen-bond acceptors (Lipinski definition) is 3. The number of fused-ring (bicyclic) bond motifs is 2. The predicted molar refractivity (Wildman–Crippen MR) is 50.8 cm³/mol. The second-order valence-electron chi connectivity index (χ2n) is 4.58. The molecule has 3 unspecified atom stereocenters. The van der Waals surface area contributed by atoms with Gasteiger partial charge in [0.15, 0.2) is 0 Å². The minimum atomic E-state index is 0.203. The first-order chi connectivity index (χ1) is 6.83. The van der Waals surface area contributed by atoms with E-state index >= 15 is 0 Å². The summed E-state index contributed by atoms with van der Waals surface area (Å²) in [5, 5.41) is 6.22. The van der Waals surface area contributed by atoms with Gasteiger partial charge in [-0.25, -0.2) is 0 Å². The molecule has 0 saturated carbocycles. The van der Waals surface area contributed by atoms with Crippen LogP contribution in [0, 0.1) is 5.92 Å². The van der Waals surface area contributed by atoms with Crippen molar-refractivity contribution in [2.24, 2.45) is 5.92 Å². The highest BCUT2D eigenvalue weighted by molar-refractivity contribution is 5.80. The van der Waals surface area contributed by atoms with Gasteiger partial charge in [0.05, 0.1) is 24.2 Å². The van der Waals surface area contributed by atoms with Gasteiger partial charge in [-0.3, -0.25) is 4.79 Å². The number of hydrogen-bond donors (Lipinski definition) is 2. The van der Waals surface area contributed by atoms with Crippen LogP contribution in [0.3, 0.4) is 0 Å². The van der Waals surface area contributed by atoms with Crippen molar-refractivity contribution in [1.29, 1.82) is 0 Å². The Morgan fingerprint density at radius 2 is 2.21 bits per heavy atom. The first-order valence-corrected chi connectivity index (χ1v) is 5.49. The Morgan fingerprint density at radius 3 is 2.71 bits per heavy atom. The second-order valence-corrected chi connectivity index (χ2v) is 4.58. The first kappa shape index (κ1) is 8.68. The third-order valence-corrected chi connectivity index (χ3v) is 3.59. The molecule has 0 spiro atoms. The first-order valence-electron chi connectivity index (χ1n) is 5.49. The van der Waals surface area contributed by atoms with Gasteiger partial charge in [-0.2, -0.15) is 0 Å². The van der Waals surface area contributed by atoms with Crippen molar-refractivity contribution in [3.63, 3.8) is 0 Å². The van der Waals surface area contributed by atoms with E-state index in [1.54, 1.807) is 0 Å². The zero-order valence-electron chi connectivity index (χ0n) is 8.16. The Balaban J connectivity index is 1.54. The summed E-state index contributed by atoms with van der Waals surface area (Å²) in [7, 11) is 0. The number of carbonyl (C=O) groups is 1. The lowest BCUT2D eigenvalue weighted by Crippen LogP contribution is -2.54. The Morgan fingerprint density at radius 1 is 1.36 bits per heavy atom. The minimum absolute atomic E-state index is 0.203. The van der Waals surface area contributed by atoms with Crippen molar-refractivity contribution < 1.29 is 9.53 Å². The van der Waals surface area contributed by atoms with E-state index < -0.39 is 0 Å².